The molecule has 0 unspecified atom stereocenters. The molecule has 0 aliphatic carbocycles. The number of carbonyl (C=O) groups is 3. The van der Waals surface area contributed by atoms with E-state index in [9.17, 15) is 14.4 Å². The summed E-state index contributed by atoms with van der Waals surface area (Å²) in [6.45, 7) is 2.19. The van der Waals surface area contributed by atoms with Gasteiger partial charge in [0.15, 0.2) is 11.5 Å². The van der Waals surface area contributed by atoms with Gasteiger partial charge in [-0.25, -0.2) is 4.79 Å². The highest BCUT2D eigenvalue weighted by molar-refractivity contribution is 6.19. The van der Waals surface area contributed by atoms with Crippen molar-refractivity contribution < 1.29 is 28.6 Å². The van der Waals surface area contributed by atoms with E-state index in [0.29, 0.717) is 35.7 Å². The molecule has 178 valence electrons. The van der Waals surface area contributed by atoms with E-state index in [0.717, 1.165) is 19.3 Å². The fourth-order valence-electron chi connectivity index (χ4n) is 4.20. The zero-order valence-electron chi connectivity index (χ0n) is 19.7. The molecule has 2 N–H and O–H groups in total. The Kier molecular flexibility index (Phi) is 9.81. The van der Waals surface area contributed by atoms with E-state index in [1.807, 2.05) is 0 Å². The molecule has 8 nitrogen and oxygen atoms in total. The second-order valence-corrected chi connectivity index (χ2v) is 8.25. The number of urea groups is 1. The summed E-state index contributed by atoms with van der Waals surface area (Å²) in [6, 6.07) is 2.68. The first kappa shape index (κ1) is 25.5. The van der Waals surface area contributed by atoms with Crippen LogP contribution in [0.2, 0.25) is 0 Å². The van der Waals surface area contributed by atoms with Gasteiger partial charge in [0.1, 0.15) is 5.41 Å². The summed E-state index contributed by atoms with van der Waals surface area (Å²) in [5.41, 5.74) is -0.695. The molecule has 0 bridgehead atoms. The average Bonchev–Trinajstić information content (AvgIpc) is 2.78. The van der Waals surface area contributed by atoms with Gasteiger partial charge in [0.25, 0.3) is 0 Å². The predicted octanol–water partition coefficient (Wildman–Crippen LogP) is 4.14. The Morgan fingerprint density at radius 2 is 1.25 bits per heavy atom. The van der Waals surface area contributed by atoms with Crippen LogP contribution in [0.1, 0.15) is 70.3 Å². The van der Waals surface area contributed by atoms with Gasteiger partial charge in [0, 0.05) is 0 Å². The zero-order valence-corrected chi connectivity index (χ0v) is 19.7. The van der Waals surface area contributed by atoms with Gasteiger partial charge >= 0.3 is 6.03 Å². The number of barbiturate groups is 1. The van der Waals surface area contributed by atoms with Crippen LogP contribution >= 0.6 is 0 Å². The Balaban J connectivity index is 2.19. The number of imide groups is 2. The minimum atomic E-state index is -1.37. The summed E-state index contributed by atoms with van der Waals surface area (Å²) in [7, 11) is 4.53. The second kappa shape index (κ2) is 12.3. The van der Waals surface area contributed by atoms with Crippen molar-refractivity contribution in [3.63, 3.8) is 0 Å². The largest absolute Gasteiger partial charge is 0.493 e. The van der Waals surface area contributed by atoms with Gasteiger partial charge in [0.2, 0.25) is 17.6 Å². The first-order valence-electron chi connectivity index (χ1n) is 11.4. The molecule has 32 heavy (non-hydrogen) atoms. The van der Waals surface area contributed by atoms with Crippen molar-refractivity contribution >= 4 is 17.8 Å². The number of hydrogen-bond donors (Lipinski definition) is 2. The summed E-state index contributed by atoms with van der Waals surface area (Å²) in [5, 5.41) is 4.56. The summed E-state index contributed by atoms with van der Waals surface area (Å²) < 4.78 is 16.2. The van der Waals surface area contributed by atoms with Gasteiger partial charge < -0.3 is 14.2 Å². The fraction of sp³-hybridized carbons (Fsp3) is 0.625. The van der Waals surface area contributed by atoms with E-state index < -0.39 is 23.3 Å². The van der Waals surface area contributed by atoms with Crippen LogP contribution in [0, 0.1) is 5.41 Å². The van der Waals surface area contributed by atoms with E-state index in [4.69, 9.17) is 14.2 Å². The first-order valence-corrected chi connectivity index (χ1v) is 11.4. The van der Waals surface area contributed by atoms with Crippen molar-refractivity contribution in [3.8, 4) is 17.2 Å². The topological polar surface area (TPSA) is 103 Å². The first-order chi connectivity index (χ1) is 15.4. The number of carbonyl (C=O) groups excluding carboxylic acids is 3. The maximum Gasteiger partial charge on any atom is 0.328 e. The number of unbranched alkanes of at least 4 members (excludes halogenated alkanes) is 7. The van der Waals surface area contributed by atoms with Crippen molar-refractivity contribution in [1.29, 1.82) is 0 Å². The molecule has 0 aromatic heterocycles. The van der Waals surface area contributed by atoms with Crippen LogP contribution in [0.4, 0.5) is 4.79 Å². The number of amides is 4. The van der Waals surface area contributed by atoms with Gasteiger partial charge in [-0.15, -0.1) is 0 Å². The maximum atomic E-state index is 12.9. The van der Waals surface area contributed by atoms with Crippen LogP contribution in [0.5, 0.6) is 17.2 Å². The van der Waals surface area contributed by atoms with Crippen molar-refractivity contribution in [3.05, 3.63) is 17.7 Å². The average molecular weight is 449 g/mol. The minimum absolute atomic E-state index is 0.116. The van der Waals surface area contributed by atoms with Crippen LogP contribution < -0.4 is 24.8 Å². The van der Waals surface area contributed by atoms with Crippen molar-refractivity contribution in [1.82, 2.24) is 10.6 Å². The number of rotatable bonds is 14. The Bertz CT molecular complexity index is 763. The molecule has 1 fully saturated rings. The molecule has 2 rings (SSSR count). The third kappa shape index (κ3) is 6.14. The van der Waals surface area contributed by atoms with Gasteiger partial charge in [-0.1, -0.05) is 58.3 Å². The van der Waals surface area contributed by atoms with Gasteiger partial charge in [-0.2, -0.15) is 0 Å². The zero-order chi connectivity index (χ0) is 23.6. The molecule has 1 heterocycles. The molecule has 1 saturated heterocycles. The highest BCUT2D eigenvalue weighted by Crippen LogP contribution is 2.41. The minimum Gasteiger partial charge on any atom is -0.493 e. The number of ether oxygens (including phenoxy) is 3. The standard InChI is InChI=1S/C24H36N2O6/c1-5-6-7-8-9-10-11-12-13-24(21(27)25-23(29)26-22(24)28)16-17-14-18(30-2)20(32-4)19(15-17)31-3/h14-15H,5-13,16H2,1-4H3,(H2,25,26,27,28,29). The molecule has 0 saturated carbocycles. The van der Waals surface area contributed by atoms with E-state index in [-0.39, 0.29) is 6.42 Å². The molecule has 0 radical (unpaired) electrons. The number of hydrogen-bond acceptors (Lipinski definition) is 6. The molecule has 1 aromatic carbocycles. The molecule has 1 aliphatic rings. The molecule has 0 spiro atoms. The van der Waals surface area contributed by atoms with Crippen LogP contribution in [-0.4, -0.2) is 39.2 Å². The summed E-state index contributed by atoms with van der Waals surface area (Å²) >= 11 is 0. The number of benzene rings is 1. The lowest BCUT2D eigenvalue weighted by molar-refractivity contribution is -0.145. The Labute approximate surface area is 190 Å². The van der Waals surface area contributed by atoms with E-state index >= 15 is 0 Å². The lowest BCUT2D eigenvalue weighted by Gasteiger charge is -2.34. The normalized spacial score (nSPS) is 15.2. The van der Waals surface area contributed by atoms with Crippen molar-refractivity contribution in [2.45, 2.75) is 71.1 Å². The SMILES string of the molecule is CCCCCCCCCCC1(Cc2cc(OC)c(OC)c(OC)c2)C(=O)NC(=O)NC1=O. The molecule has 1 aliphatic heterocycles. The quantitative estimate of drug-likeness (QED) is 0.328. The molecule has 1 aromatic rings. The van der Waals surface area contributed by atoms with Crippen LogP contribution in [0.25, 0.3) is 0 Å². The maximum absolute atomic E-state index is 12.9. The predicted molar refractivity (Wildman–Crippen MR) is 121 cm³/mol. The van der Waals surface area contributed by atoms with Crippen LogP contribution in [0.15, 0.2) is 12.1 Å². The fourth-order valence-corrected chi connectivity index (χ4v) is 4.20. The molecule has 0 atom stereocenters. The second-order valence-electron chi connectivity index (χ2n) is 8.25. The summed E-state index contributed by atoms with van der Waals surface area (Å²) in [6.07, 6.45) is 9.25. The lowest BCUT2D eigenvalue weighted by atomic mass is 9.74. The summed E-state index contributed by atoms with van der Waals surface area (Å²) in [4.78, 5) is 37.6. The Morgan fingerprint density at radius 3 is 1.72 bits per heavy atom. The van der Waals surface area contributed by atoms with Crippen LogP contribution in [-0.2, 0) is 16.0 Å². The molecule has 8 heteroatoms. The van der Waals surface area contributed by atoms with Gasteiger partial charge in [-0.05, 0) is 30.5 Å². The third-order valence-electron chi connectivity index (χ3n) is 6.01. The molecular formula is C24H36N2O6. The smallest absolute Gasteiger partial charge is 0.328 e. The van der Waals surface area contributed by atoms with Crippen molar-refractivity contribution in [2.75, 3.05) is 21.3 Å². The Hall–Kier alpha value is -2.77. The van der Waals surface area contributed by atoms with E-state index in [1.165, 1.54) is 47.0 Å². The van der Waals surface area contributed by atoms with E-state index in [2.05, 4.69) is 17.6 Å². The highest BCUT2D eigenvalue weighted by atomic mass is 16.5. The monoisotopic (exact) mass is 448 g/mol. The van der Waals surface area contributed by atoms with Gasteiger partial charge in [0.05, 0.1) is 21.3 Å². The highest BCUT2D eigenvalue weighted by Gasteiger charge is 2.49. The van der Waals surface area contributed by atoms with Crippen molar-refractivity contribution in [2.24, 2.45) is 5.41 Å². The number of nitrogens with one attached hydrogen (secondary N) is 2. The van der Waals surface area contributed by atoms with Crippen LogP contribution in [0.3, 0.4) is 0 Å². The molecular weight excluding hydrogens is 412 g/mol. The molecule has 4 amide bonds. The Morgan fingerprint density at radius 1 is 0.750 bits per heavy atom. The lowest BCUT2D eigenvalue weighted by Crippen LogP contribution is -2.63. The van der Waals surface area contributed by atoms with E-state index in [1.54, 1.807) is 12.1 Å². The van der Waals surface area contributed by atoms with Gasteiger partial charge in [-0.3, -0.25) is 20.2 Å². The third-order valence-corrected chi connectivity index (χ3v) is 6.01. The summed E-state index contributed by atoms with van der Waals surface area (Å²) in [5.74, 6) is 0.183. The number of methoxy groups -OCH3 is 3.